The third-order valence-corrected chi connectivity index (χ3v) is 6.51. The van der Waals surface area contributed by atoms with E-state index in [0.29, 0.717) is 23.8 Å². The molecule has 0 aromatic heterocycles. The summed E-state index contributed by atoms with van der Waals surface area (Å²) in [5.41, 5.74) is 0.385. The van der Waals surface area contributed by atoms with Gasteiger partial charge in [-0.25, -0.2) is 8.78 Å². The molecular formula is C18H29BrF2. The molecule has 0 nitrogen and oxygen atoms in total. The SMILES string of the molecule is CCCCCC1CCC(C2CCC(Br)=C(C(F)F)C2)CC1. The van der Waals surface area contributed by atoms with Gasteiger partial charge in [0.25, 0.3) is 6.43 Å². The summed E-state index contributed by atoms with van der Waals surface area (Å²) in [6.07, 6.45) is 10.9. The predicted octanol–water partition coefficient (Wildman–Crippen LogP) is 7.09. The Bertz CT molecular complexity index is 343. The molecule has 0 heterocycles. The van der Waals surface area contributed by atoms with Gasteiger partial charge in [0.1, 0.15) is 0 Å². The Balaban J connectivity index is 1.78. The molecule has 0 amide bonds. The van der Waals surface area contributed by atoms with Crippen molar-refractivity contribution in [1.29, 1.82) is 0 Å². The standard InChI is InChI=1S/C18H29BrF2/c1-2-3-4-5-13-6-8-14(9-7-13)15-10-11-17(19)16(12-15)18(20)21/h13-15,18H,2-12H2,1H3. The Morgan fingerprint density at radius 3 is 2.38 bits per heavy atom. The molecule has 0 aromatic rings. The number of alkyl halides is 2. The van der Waals surface area contributed by atoms with Gasteiger partial charge in [0.05, 0.1) is 0 Å². The van der Waals surface area contributed by atoms with E-state index in [1.54, 1.807) is 0 Å². The van der Waals surface area contributed by atoms with E-state index in [1.165, 1.54) is 51.4 Å². The van der Waals surface area contributed by atoms with Crippen molar-refractivity contribution in [2.75, 3.05) is 0 Å². The van der Waals surface area contributed by atoms with Gasteiger partial charge in [-0.1, -0.05) is 61.4 Å². The Labute approximate surface area is 136 Å². The van der Waals surface area contributed by atoms with E-state index in [-0.39, 0.29) is 0 Å². The molecule has 0 N–H and O–H groups in total. The zero-order valence-corrected chi connectivity index (χ0v) is 14.8. The number of allylic oxidation sites excluding steroid dienone is 2. The summed E-state index contributed by atoms with van der Waals surface area (Å²) in [5.74, 6) is 2.11. The van der Waals surface area contributed by atoms with Gasteiger partial charge in [-0.15, -0.1) is 0 Å². The second-order valence-corrected chi connectivity index (χ2v) is 7.97. The van der Waals surface area contributed by atoms with Crippen molar-refractivity contribution in [2.45, 2.75) is 84.0 Å². The molecule has 1 saturated carbocycles. The van der Waals surface area contributed by atoms with Crippen LogP contribution in [0.25, 0.3) is 0 Å². The molecule has 0 aliphatic heterocycles. The molecule has 1 unspecified atom stereocenters. The smallest absolute Gasteiger partial charge is 0.205 e. The average molecular weight is 363 g/mol. The lowest BCUT2D eigenvalue weighted by Gasteiger charge is -2.36. The minimum Gasteiger partial charge on any atom is -0.205 e. The lowest BCUT2D eigenvalue weighted by atomic mass is 9.70. The summed E-state index contributed by atoms with van der Waals surface area (Å²) in [4.78, 5) is 0. The Morgan fingerprint density at radius 1 is 1.05 bits per heavy atom. The van der Waals surface area contributed by atoms with Gasteiger partial charge < -0.3 is 0 Å². The number of unbranched alkanes of at least 4 members (excludes halogenated alkanes) is 2. The maximum atomic E-state index is 13.1. The van der Waals surface area contributed by atoms with E-state index >= 15 is 0 Å². The molecule has 3 heteroatoms. The Hall–Kier alpha value is 0.0800. The minimum absolute atomic E-state index is 0.385. The van der Waals surface area contributed by atoms with Crippen LogP contribution in [-0.4, -0.2) is 6.43 Å². The first-order chi connectivity index (χ1) is 10.1. The lowest BCUT2D eigenvalue weighted by molar-refractivity contribution is 0.148. The summed E-state index contributed by atoms with van der Waals surface area (Å²) in [6, 6.07) is 0. The molecule has 1 fully saturated rings. The molecule has 0 spiro atoms. The number of hydrogen-bond donors (Lipinski definition) is 0. The van der Waals surface area contributed by atoms with Crippen LogP contribution in [-0.2, 0) is 0 Å². The molecular weight excluding hydrogens is 334 g/mol. The highest BCUT2D eigenvalue weighted by Gasteiger charge is 2.32. The summed E-state index contributed by atoms with van der Waals surface area (Å²) in [5, 5.41) is 0. The topological polar surface area (TPSA) is 0 Å². The fourth-order valence-corrected chi connectivity index (χ4v) is 4.77. The van der Waals surface area contributed by atoms with Gasteiger partial charge in [0, 0.05) is 5.57 Å². The molecule has 122 valence electrons. The van der Waals surface area contributed by atoms with Crippen molar-refractivity contribution in [3.05, 3.63) is 10.1 Å². The lowest BCUT2D eigenvalue weighted by Crippen LogP contribution is -2.25. The summed E-state index contributed by atoms with van der Waals surface area (Å²) >= 11 is 3.35. The van der Waals surface area contributed by atoms with Crippen LogP contribution in [0.15, 0.2) is 10.1 Å². The van der Waals surface area contributed by atoms with Crippen LogP contribution in [0.5, 0.6) is 0 Å². The number of hydrogen-bond acceptors (Lipinski definition) is 0. The van der Waals surface area contributed by atoms with Crippen LogP contribution in [0.1, 0.15) is 77.6 Å². The van der Waals surface area contributed by atoms with E-state index in [0.717, 1.165) is 23.2 Å². The predicted molar refractivity (Wildman–Crippen MR) is 88.9 cm³/mol. The van der Waals surface area contributed by atoms with Crippen molar-refractivity contribution in [3.63, 3.8) is 0 Å². The van der Waals surface area contributed by atoms with Crippen molar-refractivity contribution in [3.8, 4) is 0 Å². The van der Waals surface area contributed by atoms with E-state index in [4.69, 9.17) is 0 Å². The molecule has 0 bridgehead atoms. The highest BCUT2D eigenvalue weighted by atomic mass is 79.9. The summed E-state index contributed by atoms with van der Waals surface area (Å²) in [7, 11) is 0. The molecule has 21 heavy (non-hydrogen) atoms. The fourth-order valence-electron chi connectivity index (χ4n) is 4.21. The fraction of sp³-hybridized carbons (Fsp3) is 0.889. The Morgan fingerprint density at radius 2 is 1.76 bits per heavy atom. The number of rotatable bonds is 6. The molecule has 0 aromatic carbocycles. The third kappa shape index (κ3) is 5.04. The van der Waals surface area contributed by atoms with Gasteiger partial charge >= 0.3 is 0 Å². The minimum atomic E-state index is -2.27. The normalized spacial score (nSPS) is 31.0. The highest BCUT2D eigenvalue weighted by molar-refractivity contribution is 9.11. The third-order valence-electron chi connectivity index (χ3n) is 5.60. The molecule has 2 aliphatic carbocycles. The van der Waals surface area contributed by atoms with Crippen molar-refractivity contribution in [1.82, 2.24) is 0 Å². The Kier molecular flexibility index (Phi) is 7.18. The summed E-state index contributed by atoms with van der Waals surface area (Å²) in [6.45, 7) is 2.26. The van der Waals surface area contributed by atoms with Crippen molar-refractivity contribution >= 4 is 15.9 Å². The molecule has 2 aliphatic rings. The molecule has 1 atom stereocenters. The van der Waals surface area contributed by atoms with Gasteiger partial charge in [-0.3, -0.25) is 0 Å². The molecule has 2 rings (SSSR count). The molecule has 0 radical (unpaired) electrons. The van der Waals surface area contributed by atoms with E-state index < -0.39 is 6.43 Å². The second kappa shape index (κ2) is 8.64. The van der Waals surface area contributed by atoms with Crippen molar-refractivity contribution < 1.29 is 8.78 Å². The van der Waals surface area contributed by atoms with Gasteiger partial charge in [-0.2, -0.15) is 0 Å². The second-order valence-electron chi connectivity index (χ2n) is 7.01. The van der Waals surface area contributed by atoms with E-state index in [9.17, 15) is 8.78 Å². The zero-order chi connectivity index (χ0) is 15.2. The van der Waals surface area contributed by atoms with Gasteiger partial charge in [0.2, 0.25) is 0 Å². The number of halogens is 3. The first kappa shape index (κ1) is 17.4. The van der Waals surface area contributed by atoms with Crippen LogP contribution in [0, 0.1) is 17.8 Å². The molecule has 0 saturated heterocycles. The zero-order valence-electron chi connectivity index (χ0n) is 13.2. The monoisotopic (exact) mass is 362 g/mol. The van der Waals surface area contributed by atoms with Crippen molar-refractivity contribution in [2.24, 2.45) is 17.8 Å². The van der Waals surface area contributed by atoms with Crippen LogP contribution in [0.2, 0.25) is 0 Å². The van der Waals surface area contributed by atoms with Crippen LogP contribution in [0.4, 0.5) is 8.78 Å². The highest BCUT2D eigenvalue weighted by Crippen LogP contribution is 2.44. The quantitative estimate of drug-likeness (QED) is 0.442. The van der Waals surface area contributed by atoms with Crippen LogP contribution < -0.4 is 0 Å². The van der Waals surface area contributed by atoms with Crippen LogP contribution >= 0.6 is 15.9 Å². The summed E-state index contributed by atoms with van der Waals surface area (Å²) < 4.78 is 26.9. The maximum Gasteiger partial charge on any atom is 0.260 e. The van der Waals surface area contributed by atoms with Gasteiger partial charge in [0.15, 0.2) is 0 Å². The van der Waals surface area contributed by atoms with Crippen LogP contribution in [0.3, 0.4) is 0 Å². The van der Waals surface area contributed by atoms with E-state index in [1.807, 2.05) is 0 Å². The maximum absolute atomic E-state index is 13.1. The largest absolute Gasteiger partial charge is 0.260 e. The van der Waals surface area contributed by atoms with E-state index in [2.05, 4.69) is 22.9 Å². The first-order valence-electron chi connectivity index (χ1n) is 8.77. The first-order valence-corrected chi connectivity index (χ1v) is 9.56. The van der Waals surface area contributed by atoms with Gasteiger partial charge in [-0.05, 0) is 54.3 Å². The average Bonchev–Trinajstić information content (AvgIpc) is 2.48.